The van der Waals surface area contributed by atoms with E-state index in [0.29, 0.717) is 0 Å². The lowest BCUT2D eigenvalue weighted by Gasteiger charge is -2.37. The Hall–Kier alpha value is -1.45. The normalized spacial score (nSPS) is 20.3. The molecule has 0 unspecified atom stereocenters. The number of ether oxygens (including phenoxy) is 1. The Morgan fingerprint density at radius 1 is 1.58 bits per heavy atom. The summed E-state index contributed by atoms with van der Waals surface area (Å²) in [5.41, 5.74) is -0.960. The van der Waals surface area contributed by atoms with E-state index in [2.05, 4.69) is 10.2 Å². The zero-order chi connectivity index (χ0) is 14.3. The van der Waals surface area contributed by atoms with Gasteiger partial charge in [-0.25, -0.2) is 13.2 Å². The van der Waals surface area contributed by atoms with Crippen molar-refractivity contribution in [2.24, 2.45) is 0 Å². The lowest BCUT2D eigenvalue weighted by Crippen LogP contribution is -2.50. The number of aromatic amines is 1. The van der Waals surface area contributed by atoms with Crippen molar-refractivity contribution in [1.82, 2.24) is 14.5 Å². The quantitative estimate of drug-likeness (QED) is 0.804. The number of morpholine rings is 1. The standard InChI is InChI=1S/C10H15N3O5S/c1-10(2)6-13(3-4-18-10)19(16,17)8-7(9(14)15)5-11-12-8/h5H,3-4,6H2,1-2H3,(H,11,12)(H,14,15). The van der Waals surface area contributed by atoms with Crippen LogP contribution in [0.4, 0.5) is 0 Å². The number of rotatable bonds is 3. The second-order valence-electron chi connectivity index (χ2n) is 4.86. The molecule has 0 aliphatic carbocycles. The van der Waals surface area contributed by atoms with Gasteiger partial charge in [0, 0.05) is 13.1 Å². The first-order valence-electron chi connectivity index (χ1n) is 5.65. The molecule has 0 spiro atoms. The van der Waals surface area contributed by atoms with Crippen LogP contribution in [-0.4, -0.2) is 59.3 Å². The van der Waals surface area contributed by atoms with Crippen LogP contribution in [-0.2, 0) is 14.8 Å². The maximum atomic E-state index is 12.4. The Morgan fingerprint density at radius 2 is 2.26 bits per heavy atom. The summed E-state index contributed by atoms with van der Waals surface area (Å²) >= 11 is 0. The van der Waals surface area contributed by atoms with E-state index in [1.165, 1.54) is 4.31 Å². The van der Waals surface area contributed by atoms with Crippen LogP contribution >= 0.6 is 0 Å². The van der Waals surface area contributed by atoms with E-state index in [9.17, 15) is 13.2 Å². The van der Waals surface area contributed by atoms with Crippen LogP contribution in [0.1, 0.15) is 24.2 Å². The van der Waals surface area contributed by atoms with E-state index in [0.717, 1.165) is 6.20 Å². The van der Waals surface area contributed by atoms with E-state index in [1.807, 2.05) is 0 Å². The molecule has 9 heteroatoms. The number of sulfonamides is 1. The van der Waals surface area contributed by atoms with Gasteiger partial charge < -0.3 is 9.84 Å². The summed E-state index contributed by atoms with van der Waals surface area (Å²) in [6.45, 7) is 4.17. The first-order valence-corrected chi connectivity index (χ1v) is 7.09. The van der Waals surface area contributed by atoms with Gasteiger partial charge in [-0.15, -0.1) is 0 Å². The van der Waals surface area contributed by atoms with Gasteiger partial charge in [-0.05, 0) is 13.8 Å². The monoisotopic (exact) mass is 289 g/mol. The molecule has 1 aromatic rings. The van der Waals surface area contributed by atoms with Gasteiger partial charge in [0.15, 0.2) is 5.03 Å². The van der Waals surface area contributed by atoms with E-state index in [1.54, 1.807) is 13.8 Å². The minimum Gasteiger partial charge on any atom is -0.478 e. The van der Waals surface area contributed by atoms with Gasteiger partial charge in [0.2, 0.25) is 0 Å². The summed E-state index contributed by atoms with van der Waals surface area (Å²) in [5.74, 6) is -1.33. The second-order valence-corrected chi connectivity index (χ2v) is 6.74. The van der Waals surface area contributed by atoms with Gasteiger partial charge in [-0.3, -0.25) is 5.10 Å². The SMILES string of the molecule is CC1(C)CN(S(=O)(=O)c2[nH]ncc2C(=O)O)CCO1. The van der Waals surface area contributed by atoms with Crippen molar-refractivity contribution in [3.05, 3.63) is 11.8 Å². The van der Waals surface area contributed by atoms with Gasteiger partial charge in [-0.1, -0.05) is 0 Å². The average molecular weight is 289 g/mol. The highest BCUT2D eigenvalue weighted by molar-refractivity contribution is 7.89. The Morgan fingerprint density at radius 3 is 2.84 bits per heavy atom. The third kappa shape index (κ3) is 2.62. The smallest absolute Gasteiger partial charge is 0.340 e. The van der Waals surface area contributed by atoms with Crippen molar-refractivity contribution in [3.8, 4) is 0 Å². The number of carboxylic acid groups (broad SMARTS) is 1. The molecule has 0 bridgehead atoms. The molecular formula is C10H15N3O5S. The van der Waals surface area contributed by atoms with Crippen LogP contribution in [0.25, 0.3) is 0 Å². The highest BCUT2D eigenvalue weighted by Gasteiger charge is 2.37. The predicted octanol–water partition coefficient (Wildman–Crippen LogP) is -0.0926. The topological polar surface area (TPSA) is 113 Å². The molecule has 2 N–H and O–H groups in total. The highest BCUT2D eigenvalue weighted by Crippen LogP contribution is 2.24. The molecule has 0 atom stereocenters. The maximum Gasteiger partial charge on any atom is 0.340 e. The summed E-state index contributed by atoms with van der Waals surface area (Å²) in [6.07, 6.45) is 0.987. The van der Waals surface area contributed by atoms with Gasteiger partial charge in [0.1, 0.15) is 5.56 Å². The lowest BCUT2D eigenvalue weighted by molar-refractivity contribution is -0.0640. The fourth-order valence-electron chi connectivity index (χ4n) is 1.93. The number of aromatic nitrogens is 2. The summed E-state index contributed by atoms with van der Waals surface area (Å²) in [6, 6.07) is 0. The van der Waals surface area contributed by atoms with Crippen LogP contribution in [0.15, 0.2) is 11.2 Å². The lowest BCUT2D eigenvalue weighted by atomic mass is 10.1. The number of nitrogens with zero attached hydrogens (tertiary/aromatic N) is 2. The molecule has 1 aromatic heterocycles. The first-order chi connectivity index (χ1) is 8.74. The Bertz CT molecular complexity index is 592. The number of nitrogens with one attached hydrogen (secondary N) is 1. The second kappa shape index (κ2) is 4.58. The molecular weight excluding hydrogens is 274 g/mol. The molecule has 1 aliphatic rings. The Labute approximate surface area is 110 Å². The fourth-order valence-corrected chi connectivity index (χ4v) is 3.57. The number of H-pyrrole nitrogens is 1. The summed E-state index contributed by atoms with van der Waals surface area (Å²) < 4.78 is 31.4. The molecule has 0 saturated carbocycles. The number of aromatic carboxylic acids is 1. The molecule has 2 heterocycles. The summed E-state index contributed by atoms with van der Waals surface area (Å²) in [4.78, 5) is 11.0. The van der Waals surface area contributed by atoms with Gasteiger partial charge in [0.05, 0.1) is 18.4 Å². The zero-order valence-corrected chi connectivity index (χ0v) is 11.4. The molecule has 1 fully saturated rings. The number of hydrogen-bond donors (Lipinski definition) is 2. The Balaban J connectivity index is 2.37. The number of carbonyl (C=O) groups is 1. The van der Waals surface area contributed by atoms with Crippen molar-refractivity contribution >= 4 is 16.0 Å². The van der Waals surface area contributed by atoms with Crippen LogP contribution in [0.2, 0.25) is 0 Å². The van der Waals surface area contributed by atoms with Gasteiger partial charge >= 0.3 is 5.97 Å². The first kappa shape index (κ1) is 14.0. The van der Waals surface area contributed by atoms with Crippen molar-refractivity contribution in [3.63, 3.8) is 0 Å². The van der Waals surface area contributed by atoms with Crippen molar-refractivity contribution in [2.45, 2.75) is 24.5 Å². The van der Waals surface area contributed by atoms with Gasteiger partial charge in [-0.2, -0.15) is 9.40 Å². The van der Waals surface area contributed by atoms with Gasteiger partial charge in [0.25, 0.3) is 10.0 Å². The van der Waals surface area contributed by atoms with Crippen LogP contribution < -0.4 is 0 Å². The van der Waals surface area contributed by atoms with Crippen LogP contribution in [0.5, 0.6) is 0 Å². The largest absolute Gasteiger partial charge is 0.478 e. The average Bonchev–Trinajstić information content (AvgIpc) is 2.77. The summed E-state index contributed by atoms with van der Waals surface area (Å²) in [5, 5.41) is 14.3. The predicted molar refractivity (Wildman–Crippen MR) is 64.3 cm³/mol. The van der Waals surface area contributed by atoms with Crippen LogP contribution in [0, 0.1) is 0 Å². The zero-order valence-electron chi connectivity index (χ0n) is 10.6. The summed E-state index contributed by atoms with van der Waals surface area (Å²) in [7, 11) is -3.91. The van der Waals surface area contributed by atoms with E-state index in [-0.39, 0.29) is 25.3 Å². The van der Waals surface area contributed by atoms with Crippen LogP contribution in [0.3, 0.4) is 0 Å². The molecule has 19 heavy (non-hydrogen) atoms. The minimum absolute atomic E-state index is 0.160. The number of hydrogen-bond acceptors (Lipinski definition) is 5. The van der Waals surface area contributed by atoms with E-state index < -0.39 is 26.6 Å². The molecule has 1 aliphatic heterocycles. The molecule has 0 aromatic carbocycles. The molecule has 0 amide bonds. The minimum atomic E-state index is -3.91. The Kier molecular flexibility index (Phi) is 3.37. The fraction of sp³-hybridized carbons (Fsp3) is 0.600. The third-order valence-electron chi connectivity index (χ3n) is 2.82. The van der Waals surface area contributed by atoms with Crippen molar-refractivity contribution < 1.29 is 23.1 Å². The molecule has 2 rings (SSSR count). The van der Waals surface area contributed by atoms with E-state index >= 15 is 0 Å². The molecule has 106 valence electrons. The third-order valence-corrected chi connectivity index (χ3v) is 4.64. The van der Waals surface area contributed by atoms with Crippen molar-refractivity contribution in [1.29, 1.82) is 0 Å². The maximum absolute atomic E-state index is 12.4. The molecule has 8 nitrogen and oxygen atoms in total. The van der Waals surface area contributed by atoms with E-state index in [4.69, 9.17) is 9.84 Å². The highest BCUT2D eigenvalue weighted by atomic mass is 32.2. The number of carboxylic acids is 1. The van der Waals surface area contributed by atoms with Crippen molar-refractivity contribution in [2.75, 3.05) is 19.7 Å². The molecule has 0 radical (unpaired) electrons. The molecule has 1 saturated heterocycles.